The molecule has 1 heteroatoms. The molecular formula is C20H30O. The average molecular weight is 286 g/mol. The molecule has 2 aliphatic carbocycles. The molecule has 0 spiro atoms. The first-order valence-electron chi connectivity index (χ1n) is 8.83. The van der Waals surface area contributed by atoms with Crippen LogP contribution in [0.5, 0.6) is 0 Å². The molecule has 0 amide bonds. The molecule has 1 N–H and O–H groups in total. The summed E-state index contributed by atoms with van der Waals surface area (Å²) in [5.74, 6) is 2.30. The van der Waals surface area contributed by atoms with Gasteiger partial charge in [0.15, 0.2) is 0 Å². The van der Waals surface area contributed by atoms with E-state index in [-0.39, 0.29) is 0 Å². The molecule has 21 heavy (non-hydrogen) atoms. The van der Waals surface area contributed by atoms with Gasteiger partial charge in [-0.25, -0.2) is 0 Å². The molecule has 1 aromatic rings. The van der Waals surface area contributed by atoms with Gasteiger partial charge in [-0.1, -0.05) is 57.9 Å². The second kappa shape index (κ2) is 5.76. The van der Waals surface area contributed by atoms with Crippen molar-refractivity contribution in [1.82, 2.24) is 0 Å². The number of hydrogen-bond acceptors (Lipinski definition) is 1. The Morgan fingerprint density at radius 2 is 1.90 bits per heavy atom. The van der Waals surface area contributed by atoms with E-state index in [1.54, 1.807) is 0 Å². The Morgan fingerprint density at radius 1 is 1.14 bits per heavy atom. The van der Waals surface area contributed by atoms with Crippen molar-refractivity contribution in [3.8, 4) is 0 Å². The van der Waals surface area contributed by atoms with Gasteiger partial charge < -0.3 is 5.11 Å². The van der Waals surface area contributed by atoms with Crippen LogP contribution in [0.15, 0.2) is 24.3 Å². The van der Waals surface area contributed by atoms with Crippen LogP contribution < -0.4 is 0 Å². The molecule has 3 unspecified atom stereocenters. The van der Waals surface area contributed by atoms with E-state index in [1.165, 1.54) is 36.8 Å². The highest BCUT2D eigenvalue weighted by atomic mass is 16.3. The Balaban J connectivity index is 1.94. The second-order valence-corrected chi connectivity index (χ2v) is 7.91. The summed E-state index contributed by atoms with van der Waals surface area (Å²) in [4.78, 5) is 0. The van der Waals surface area contributed by atoms with Crippen LogP contribution in [0.1, 0.15) is 76.3 Å². The summed E-state index contributed by atoms with van der Waals surface area (Å²) >= 11 is 0. The summed E-state index contributed by atoms with van der Waals surface area (Å²) in [6.45, 7) is 6.82. The van der Waals surface area contributed by atoms with Gasteiger partial charge in [-0.2, -0.15) is 0 Å². The van der Waals surface area contributed by atoms with Gasteiger partial charge in [0.2, 0.25) is 0 Å². The van der Waals surface area contributed by atoms with Crippen molar-refractivity contribution in [1.29, 1.82) is 0 Å². The highest BCUT2D eigenvalue weighted by molar-refractivity contribution is 5.32. The molecule has 2 saturated carbocycles. The lowest BCUT2D eigenvalue weighted by Crippen LogP contribution is -2.43. The molecule has 0 bridgehead atoms. The van der Waals surface area contributed by atoms with Crippen molar-refractivity contribution < 1.29 is 5.11 Å². The lowest BCUT2D eigenvalue weighted by atomic mass is 9.64. The predicted molar refractivity (Wildman–Crippen MR) is 88.3 cm³/mol. The zero-order valence-electron chi connectivity index (χ0n) is 13.8. The van der Waals surface area contributed by atoms with E-state index < -0.39 is 5.60 Å². The van der Waals surface area contributed by atoms with Crippen LogP contribution in [-0.4, -0.2) is 5.11 Å². The second-order valence-electron chi connectivity index (χ2n) is 7.91. The zero-order valence-corrected chi connectivity index (χ0v) is 13.8. The van der Waals surface area contributed by atoms with Crippen LogP contribution in [0.2, 0.25) is 0 Å². The summed E-state index contributed by atoms with van der Waals surface area (Å²) in [6.07, 6.45) is 7.35. The fourth-order valence-electron chi connectivity index (χ4n) is 4.51. The SMILES string of the molecule is CC1CCC(C(C)C)C(O)(c2cccc(C3CCC3)c2)C1. The molecule has 1 aromatic carbocycles. The van der Waals surface area contributed by atoms with E-state index in [1.807, 2.05) is 0 Å². The third kappa shape index (κ3) is 2.77. The van der Waals surface area contributed by atoms with E-state index in [9.17, 15) is 5.11 Å². The zero-order chi connectivity index (χ0) is 15.0. The first-order chi connectivity index (χ1) is 10.0. The summed E-state index contributed by atoms with van der Waals surface area (Å²) < 4.78 is 0. The Hall–Kier alpha value is -0.820. The van der Waals surface area contributed by atoms with E-state index >= 15 is 0 Å². The molecule has 2 fully saturated rings. The molecule has 0 aromatic heterocycles. The lowest BCUT2D eigenvalue weighted by Gasteiger charge is -2.45. The lowest BCUT2D eigenvalue weighted by molar-refractivity contribution is -0.0866. The third-order valence-electron chi connectivity index (χ3n) is 6.01. The van der Waals surface area contributed by atoms with E-state index in [2.05, 4.69) is 45.0 Å². The Morgan fingerprint density at radius 3 is 2.52 bits per heavy atom. The van der Waals surface area contributed by atoms with Crippen molar-refractivity contribution >= 4 is 0 Å². The van der Waals surface area contributed by atoms with Crippen molar-refractivity contribution in [3.05, 3.63) is 35.4 Å². The maximum atomic E-state index is 11.5. The highest BCUT2D eigenvalue weighted by Gasteiger charge is 2.44. The molecule has 3 atom stereocenters. The number of benzene rings is 1. The Kier molecular flexibility index (Phi) is 4.14. The van der Waals surface area contributed by atoms with Gasteiger partial charge in [-0.15, -0.1) is 0 Å². The standard InChI is InChI=1S/C20H30O/c1-14(2)19-11-10-15(3)13-20(19,21)18-9-5-8-17(12-18)16-6-4-7-16/h5,8-9,12,14-16,19,21H,4,6-7,10-11,13H2,1-3H3. The molecular weight excluding hydrogens is 256 g/mol. The maximum absolute atomic E-state index is 11.5. The number of rotatable bonds is 3. The minimum Gasteiger partial charge on any atom is -0.385 e. The van der Waals surface area contributed by atoms with Gasteiger partial charge in [-0.3, -0.25) is 0 Å². The quantitative estimate of drug-likeness (QED) is 0.806. The van der Waals surface area contributed by atoms with Crippen LogP contribution in [0.3, 0.4) is 0 Å². The van der Waals surface area contributed by atoms with Crippen LogP contribution >= 0.6 is 0 Å². The van der Waals surface area contributed by atoms with Crippen molar-refractivity contribution in [2.24, 2.45) is 17.8 Å². The largest absolute Gasteiger partial charge is 0.385 e. The van der Waals surface area contributed by atoms with Gasteiger partial charge in [0.1, 0.15) is 0 Å². The summed E-state index contributed by atoms with van der Waals surface area (Å²) in [7, 11) is 0. The van der Waals surface area contributed by atoms with Gasteiger partial charge in [0.25, 0.3) is 0 Å². The van der Waals surface area contributed by atoms with E-state index in [4.69, 9.17) is 0 Å². The topological polar surface area (TPSA) is 20.2 Å². The van der Waals surface area contributed by atoms with Crippen LogP contribution in [-0.2, 0) is 5.60 Å². The molecule has 1 nitrogen and oxygen atoms in total. The predicted octanol–water partition coefficient (Wildman–Crippen LogP) is 5.23. The smallest absolute Gasteiger partial charge is 0.0929 e. The van der Waals surface area contributed by atoms with Gasteiger partial charge in [0.05, 0.1) is 5.60 Å². The Labute approximate surface area is 129 Å². The molecule has 0 radical (unpaired) electrons. The van der Waals surface area contributed by atoms with Crippen molar-refractivity contribution in [2.75, 3.05) is 0 Å². The van der Waals surface area contributed by atoms with E-state index in [0.29, 0.717) is 17.8 Å². The summed E-state index contributed by atoms with van der Waals surface area (Å²) in [6, 6.07) is 8.90. The first kappa shape index (κ1) is 15.1. The van der Waals surface area contributed by atoms with Crippen LogP contribution in [0.4, 0.5) is 0 Å². The average Bonchev–Trinajstić information content (AvgIpc) is 2.36. The number of aliphatic hydroxyl groups is 1. The molecule has 0 saturated heterocycles. The van der Waals surface area contributed by atoms with Gasteiger partial charge in [-0.05, 0) is 60.5 Å². The maximum Gasteiger partial charge on any atom is 0.0929 e. The third-order valence-corrected chi connectivity index (χ3v) is 6.01. The molecule has 0 aliphatic heterocycles. The normalized spacial score (nSPS) is 34.0. The van der Waals surface area contributed by atoms with Gasteiger partial charge >= 0.3 is 0 Å². The van der Waals surface area contributed by atoms with E-state index in [0.717, 1.165) is 18.8 Å². The molecule has 0 heterocycles. The summed E-state index contributed by atoms with van der Waals surface area (Å²) in [5.41, 5.74) is 2.01. The van der Waals surface area contributed by atoms with Crippen molar-refractivity contribution in [3.63, 3.8) is 0 Å². The fraction of sp³-hybridized carbons (Fsp3) is 0.700. The monoisotopic (exact) mass is 286 g/mol. The molecule has 3 rings (SSSR count). The number of hydrogen-bond donors (Lipinski definition) is 1. The summed E-state index contributed by atoms with van der Waals surface area (Å²) in [5, 5.41) is 11.5. The Bertz CT molecular complexity index is 488. The first-order valence-corrected chi connectivity index (χ1v) is 8.83. The molecule has 116 valence electrons. The molecule has 2 aliphatic rings. The highest BCUT2D eigenvalue weighted by Crippen LogP contribution is 2.48. The minimum atomic E-state index is -0.619. The van der Waals surface area contributed by atoms with Crippen LogP contribution in [0.25, 0.3) is 0 Å². The fourth-order valence-corrected chi connectivity index (χ4v) is 4.51. The van der Waals surface area contributed by atoms with Crippen molar-refractivity contribution in [2.45, 2.75) is 70.8 Å². The van der Waals surface area contributed by atoms with Crippen LogP contribution in [0, 0.1) is 17.8 Å². The minimum absolute atomic E-state index is 0.394. The van der Waals surface area contributed by atoms with Gasteiger partial charge in [0, 0.05) is 0 Å².